The highest BCUT2D eigenvalue weighted by atomic mass is 127. The average Bonchev–Trinajstić information content (AvgIpc) is 2.35. The molecule has 0 fully saturated rings. The van der Waals surface area contributed by atoms with Crippen LogP contribution in [0.25, 0.3) is 0 Å². The largest absolute Gasteiger partial charge is 0.414 e. The standard InChI is InChI=1S/C19H39IO2Si2/c1-18(2,3)23(7,8)21-16-12-11-15(14-20)17(13-16)22-24(9,10)19(4,5)6/h11,16-17H,12-14H2,1-10H3/t16-,17+/m1/s1. The van der Waals surface area contributed by atoms with Gasteiger partial charge >= 0.3 is 0 Å². The minimum atomic E-state index is -1.76. The summed E-state index contributed by atoms with van der Waals surface area (Å²) in [4.78, 5) is 0. The van der Waals surface area contributed by atoms with Crippen LogP contribution in [0.4, 0.5) is 0 Å². The normalized spacial score (nSPS) is 24.0. The van der Waals surface area contributed by atoms with Crippen molar-refractivity contribution in [3.05, 3.63) is 11.6 Å². The van der Waals surface area contributed by atoms with E-state index in [9.17, 15) is 0 Å². The van der Waals surface area contributed by atoms with E-state index in [0.29, 0.717) is 6.10 Å². The molecule has 0 aromatic heterocycles. The zero-order valence-corrected chi connectivity index (χ0v) is 21.7. The molecule has 5 heteroatoms. The Bertz CT molecular complexity index is 459. The quantitative estimate of drug-likeness (QED) is 0.183. The molecule has 0 aromatic rings. The van der Waals surface area contributed by atoms with Crippen molar-refractivity contribution in [3.8, 4) is 0 Å². The van der Waals surface area contributed by atoms with E-state index in [1.165, 1.54) is 5.57 Å². The van der Waals surface area contributed by atoms with E-state index >= 15 is 0 Å². The Kier molecular flexibility index (Phi) is 7.45. The van der Waals surface area contributed by atoms with Crippen molar-refractivity contribution in [1.82, 2.24) is 0 Å². The number of hydrogen-bond donors (Lipinski definition) is 0. The van der Waals surface area contributed by atoms with Gasteiger partial charge in [-0.05, 0) is 48.3 Å². The van der Waals surface area contributed by atoms with E-state index in [-0.39, 0.29) is 16.2 Å². The van der Waals surface area contributed by atoms with Gasteiger partial charge in [-0.1, -0.05) is 70.2 Å². The third-order valence-electron chi connectivity index (χ3n) is 6.20. The molecule has 24 heavy (non-hydrogen) atoms. The van der Waals surface area contributed by atoms with Crippen LogP contribution in [0.3, 0.4) is 0 Å². The molecule has 0 saturated heterocycles. The maximum Gasteiger partial charge on any atom is 0.192 e. The molecule has 0 aromatic carbocycles. The van der Waals surface area contributed by atoms with Crippen LogP contribution in [0.15, 0.2) is 11.6 Å². The third kappa shape index (κ3) is 5.66. The zero-order valence-electron chi connectivity index (χ0n) is 17.5. The second-order valence-corrected chi connectivity index (χ2v) is 20.5. The van der Waals surface area contributed by atoms with Gasteiger partial charge < -0.3 is 8.85 Å². The molecule has 1 aliphatic rings. The fourth-order valence-corrected chi connectivity index (χ4v) is 5.88. The van der Waals surface area contributed by atoms with Gasteiger partial charge in [0.2, 0.25) is 0 Å². The zero-order chi connectivity index (χ0) is 19.0. The van der Waals surface area contributed by atoms with Crippen LogP contribution in [0.1, 0.15) is 54.4 Å². The summed E-state index contributed by atoms with van der Waals surface area (Å²) in [5.74, 6) is 0. The lowest BCUT2D eigenvalue weighted by Gasteiger charge is -2.44. The minimum Gasteiger partial charge on any atom is -0.414 e. The van der Waals surface area contributed by atoms with E-state index < -0.39 is 16.6 Å². The number of halogens is 1. The SMILES string of the molecule is CC(C)(C)[Si](C)(C)O[C@@H]1CC=C(CI)[C@@H](O[Si](C)(C)C(C)(C)C)C1. The van der Waals surface area contributed by atoms with Crippen LogP contribution in [0.2, 0.25) is 36.3 Å². The first-order valence-corrected chi connectivity index (χ1v) is 16.6. The van der Waals surface area contributed by atoms with Gasteiger partial charge in [0, 0.05) is 10.8 Å². The molecule has 0 heterocycles. The smallest absolute Gasteiger partial charge is 0.192 e. The van der Waals surface area contributed by atoms with Gasteiger partial charge in [0.1, 0.15) is 0 Å². The first-order valence-electron chi connectivity index (χ1n) is 9.21. The van der Waals surface area contributed by atoms with Crippen molar-refractivity contribution < 1.29 is 8.85 Å². The molecule has 2 atom stereocenters. The van der Waals surface area contributed by atoms with Gasteiger partial charge in [0.25, 0.3) is 0 Å². The van der Waals surface area contributed by atoms with E-state index in [0.717, 1.165) is 17.3 Å². The molecule has 0 unspecified atom stereocenters. The van der Waals surface area contributed by atoms with E-state index in [1.54, 1.807) is 0 Å². The molecule has 0 N–H and O–H groups in total. The van der Waals surface area contributed by atoms with Crippen LogP contribution in [-0.2, 0) is 8.85 Å². The first-order chi connectivity index (χ1) is 10.6. The Hall–Kier alpha value is 0.824. The summed E-state index contributed by atoms with van der Waals surface area (Å²) in [7, 11) is -3.49. The average molecular weight is 483 g/mol. The summed E-state index contributed by atoms with van der Waals surface area (Å²) in [5.41, 5.74) is 1.47. The van der Waals surface area contributed by atoms with Gasteiger partial charge in [-0.2, -0.15) is 0 Å². The second kappa shape index (κ2) is 7.83. The fourth-order valence-electron chi connectivity index (χ4n) is 2.39. The van der Waals surface area contributed by atoms with E-state index in [1.807, 2.05) is 0 Å². The van der Waals surface area contributed by atoms with Gasteiger partial charge in [-0.25, -0.2) is 0 Å². The molecule has 142 valence electrons. The summed E-state index contributed by atoms with van der Waals surface area (Å²) in [6, 6.07) is 0. The number of hydrogen-bond acceptors (Lipinski definition) is 2. The predicted octanol–water partition coefficient (Wildman–Crippen LogP) is 6.92. The van der Waals surface area contributed by atoms with E-state index in [2.05, 4.69) is 96.4 Å². The third-order valence-corrected chi connectivity index (χ3v) is 16.1. The van der Waals surface area contributed by atoms with E-state index in [4.69, 9.17) is 8.85 Å². The van der Waals surface area contributed by atoms with Gasteiger partial charge in [0.05, 0.1) is 12.2 Å². The van der Waals surface area contributed by atoms with Crippen molar-refractivity contribution >= 4 is 39.2 Å². The number of alkyl halides is 1. The van der Waals surface area contributed by atoms with Gasteiger partial charge in [-0.3, -0.25) is 0 Å². The topological polar surface area (TPSA) is 18.5 Å². The number of rotatable bonds is 5. The van der Waals surface area contributed by atoms with Crippen molar-refractivity contribution in [2.24, 2.45) is 0 Å². The van der Waals surface area contributed by atoms with Crippen molar-refractivity contribution in [3.63, 3.8) is 0 Å². The summed E-state index contributed by atoms with van der Waals surface area (Å²) < 4.78 is 14.5. The predicted molar refractivity (Wildman–Crippen MR) is 120 cm³/mol. The summed E-state index contributed by atoms with van der Waals surface area (Å²) in [6.07, 6.45) is 5.01. The fraction of sp³-hybridized carbons (Fsp3) is 0.895. The first kappa shape index (κ1) is 22.9. The maximum atomic E-state index is 6.78. The highest BCUT2D eigenvalue weighted by Gasteiger charge is 2.43. The molecular weight excluding hydrogens is 443 g/mol. The molecule has 0 radical (unpaired) electrons. The van der Waals surface area contributed by atoms with Gasteiger partial charge in [-0.15, -0.1) is 0 Å². The lowest BCUT2D eigenvalue weighted by molar-refractivity contribution is 0.102. The minimum absolute atomic E-state index is 0.242. The van der Waals surface area contributed by atoms with Crippen molar-refractivity contribution in [2.75, 3.05) is 4.43 Å². The molecule has 0 amide bonds. The van der Waals surface area contributed by atoms with Crippen LogP contribution in [0.5, 0.6) is 0 Å². The summed E-state index contributed by atoms with van der Waals surface area (Å²) in [5, 5.41) is 0.507. The van der Waals surface area contributed by atoms with Crippen LogP contribution < -0.4 is 0 Å². The molecular formula is C19H39IO2Si2. The lowest BCUT2D eigenvalue weighted by atomic mass is 9.96. The molecule has 0 aliphatic heterocycles. The highest BCUT2D eigenvalue weighted by molar-refractivity contribution is 14.1. The molecule has 0 bridgehead atoms. The second-order valence-electron chi connectivity index (χ2n) is 10.3. The summed E-state index contributed by atoms with van der Waals surface area (Å²) >= 11 is 2.48. The summed E-state index contributed by atoms with van der Waals surface area (Å²) in [6.45, 7) is 23.3. The highest BCUT2D eigenvalue weighted by Crippen LogP contribution is 2.42. The molecule has 2 nitrogen and oxygen atoms in total. The molecule has 0 spiro atoms. The Morgan fingerprint density at radius 2 is 1.42 bits per heavy atom. The van der Waals surface area contributed by atoms with Crippen molar-refractivity contribution in [2.45, 2.75) is 103 Å². The van der Waals surface area contributed by atoms with Crippen LogP contribution >= 0.6 is 22.6 Å². The Morgan fingerprint density at radius 3 is 1.83 bits per heavy atom. The maximum absolute atomic E-state index is 6.78. The van der Waals surface area contributed by atoms with Crippen molar-refractivity contribution in [1.29, 1.82) is 0 Å². The monoisotopic (exact) mass is 482 g/mol. The Labute approximate surface area is 166 Å². The van der Waals surface area contributed by atoms with Gasteiger partial charge in [0.15, 0.2) is 16.6 Å². The van der Waals surface area contributed by atoms with Crippen LogP contribution in [-0.4, -0.2) is 33.3 Å². The molecule has 1 rings (SSSR count). The lowest BCUT2D eigenvalue weighted by Crippen LogP contribution is -2.48. The van der Waals surface area contributed by atoms with Crippen LogP contribution in [0, 0.1) is 0 Å². The Balaban J connectivity index is 2.91. The molecule has 1 aliphatic carbocycles. The Morgan fingerprint density at radius 1 is 0.958 bits per heavy atom. The molecule has 0 saturated carbocycles.